The molecule has 0 bridgehead atoms. The maximum absolute atomic E-state index is 2.79. The van der Waals surface area contributed by atoms with Crippen LogP contribution in [0.5, 0.6) is 0 Å². The molecule has 0 nitrogen and oxygen atoms in total. The van der Waals surface area contributed by atoms with Crippen LogP contribution in [0.4, 0.5) is 0 Å². The predicted octanol–water partition coefficient (Wildman–Crippen LogP) is 8.57. The summed E-state index contributed by atoms with van der Waals surface area (Å²) >= 11 is 0. The minimum Gasteiger partial charge on any atom is -0.0808 e. The molecule has 0 spiro atoms. The van der Waals surface area contributed by atoms with Gasteiger partial charge in [-0.3, -0.25) is 0 Å². The van der Waals surface area contributed by atoms with Crippen LogP contribution in [0.25, 0.3) is 0 Å². The van der Waals surface area contributed by atoms with Gasteiger partial charge in [-0.15, -0.1) is 0 Å². The third kappa shape index (κ3) is 4.06. The van der Waals surface area contributed by atoms with Crippen molar-refractivity contribution in [1.82, 2.24) is 0 Å². The first-order valence-electron chi connectivity index (χ1n) is 12.8. The molecule has 0 aromatic carbocycles. The lowest BCUT2D eigenvalue weighted by atomic mass is 9.84. The molecule has 8 unspecified atom stereocenters. The fraction of sp³-hybridized carbons (Fsp3) is 0.714. The fourth-order valence-corrected chi connectivity index (χ4v) is 12.8. The van der Waals surface area contributed by atoms with Crippen LogP contribution in [0.15, 0.2) is 48.6 Å². The number of allylic oxidation sites excluding steroid dienone is 8. The Bertz CT molecular complexity index is 610. The van der Waals surface area contributed by atoms with Crippen LogP contribution in [-0.4, -0.2) is 8.07 Å². The van der Waals surface area contributed by atoms with Crippen LogP contribution in [0.2, 0.25) is 24.2 Å². The molecule has 4 rings (SSSR count). The highest BCUT2D eigenvalue weighted by atomic mass is 28.3. The van der Waals surface area contributed by atoms with Gasteiger partial charge in [0.25, 0.3) is 0 Å². The molecule has 0 saturated heterocycles. The van der Waals surface area contributed by atoms with Crippen molar-refractivity contribution in [3.8, 4) is 0 Å². The van der Waals surface area contributed by atoms with Gasteiger partial charge in [0.15, 0.2) is 0 Å². The van der Waals surface area contributed by atoms with E-state index in [1.807, 2.05) is 0 Å². The molecule has 2 fully saturated rings. The monoisotopic (exact) mass is 408 g/mol. The SMILES string of the molecule is CCCCC1CC([Si](C)(C)C2CC(CCCC)C3C=CC=CC32)C2C=CC=CC12. The zero-order valence-electron chi connectivity index (χ0n) is 19.4. The van der Waals surface area contributed by atoms with Crippen molar-refractivity contribution in [3.63, 3.8) is 0 Å². The zero-order valence-corrected chi connectivity index (χ0v) is 20.4. The fourth-order valence-electron chi connectivity index (χ4n) is 7.74. The molecule has 4 aliphatic rings. The highest BCUT2D eigenvalue weighted by Gasteiger charge is 2.55. The highest BCUT2D eigenvalue weighted by Crippen LogP contribution is 2.62. The van der Waals surface area contributed by atoms with E-state index in [1.165, 1.54) is 51.4 Å². The van der Waals surface area contributed by atoms with E-state index in [4.69, 9.17) is 0 Å². The second kappa shape index (κ2) is 9.12. The highest BCUT2D eigenvalue weighted by molar-refractivity contribution is 6.80. The molecule has 0 aliphatic heterocycles. The molecule has 160 valence electrons. The smallest absolute Gasteiger partial charge is 0.0548 e. The molecule has 0 radical (unpaired) electrons. The van der Waals surface area contributed by atoms with Gasteiger partial charge in [-0.2, -0.15) is 0 Å². The normalized spacial score (nSPS) is 40.4. The minimum atomic E-state index is -1.39. The van der Waals surface area contributed by atoms with Gasteiger partial charge in [0, 0.05) is 0 Å². The summed E-state index contributed by atoms with van der Waals surface area (Å²) in [6, 6.07) is 0. The van der Waals surface area contributed by atoms with E-state index in [0.717, 1.165) is 46.6 Å². The van der Waals surface area contributed by atoms with Gasteiger partial charge in [-0.1, -0.05) is 101 Å². The number of hydrogen-bond donors (Lipinski definition) is 0. The lowest BCUT2D eigenvalue weighted by Crippen LogP contribution is -2.42. The Balaban J connectivity index is 1.57. The second-order valence-electron chi connectivity index (χ2n) is 11.2. The van der Waals surface area contributed by atoms with Crippen LogP contribution in [0, 0.1) is 35.5 Å². The van der Waals surface area contributed by atoms with Crippen LogP contribution >= 0.6 is 0 Å². The lowest BCUT2D eigenvalue weighted by molar-refractivity contribution is 0.382. The van der Waals surface area contributed by atoms with Gasteiger partial charge in [0.1, 0.15) is 0 Å². The van der Waals surface area contributed by atoms with Crippen LogP contribution < -0.4 is 0 Å². The largest absolute Gasteiger partial charge is 0.0808 e. The van der Waals surface area contributed by atoms with Crippen LogP contribution in [0.3, 0.4) is 0 Å². The Morgan fingerprint density at radius 2 is 1.00 bits per heavy atom. The molecule has 4 aliphatic carbocycles. The Kier molecular flexibility index (Phi) is 6.74. The summed E-state index contributed by atoms with van der Waals surface area (Å²) in [5.41, 5.74) is 1.95. The van der Waals surface area contributed by atoms with Crippen molar-refractivity contribution < 1.29 is 0 Å². The van der Waals surface area contributed by atoms with Gasteiger partial charge in [0.05, 0.1) is 8.07 Å². The zero-order chi connectivity index (χ0) is 20.4. The summed E-state index contributed by atoms with van der Waals surface area (Å²) < 4.78 is 0. The van der Waals surface area contributed by atoms with Crippen molar-refractivity contribution in [2.45, 2.75) is 89.4 Å². The molecule has 0 heterocycles. The van der Waals surface area contributed by atoms with Crippen LogP contribution in [0.1, 0.15) is 65.2 Å². The summed E-state index contributed by atoms with van der Waals surface area (Å²) in [6.45, 7) is 10.3. The third-order valence-corrected chi connectivity index (χ3v) is 14.4. The first kappa shape index (κ1) is 21.4. The average Bonchev–Trinajstić information content (AvgIpc) is 3.30. The molecular weight excluding hydrogens is 364 g/mol. The van der Waals surface area contributed by atoms with Gasteiger partial charge in [0.2, 0.25) is 0 Å². The maximum Gasteiger partial charge on any atom is 0.0548 e. The quantitative estimate of drug-likeness (QED) is 0.353. The van der Waals surface area contributed by atoms with Crippen LogP contribution in [-0.2, 0) is 0 Å². The van der Waals surface area contributed by atoms with E-state index >= 15 is 0 Å². The Labute approximate surface area is 181 Å². The molecule has 1 heteroatoms. The summed E-state index contributed by atoms with van der Waals surface area (Å²) in [5.74, 6) is 5.21. The molecule has 29 heavy (non-hydrogen) atoms. The van der Waals surface area contributed by atoms with E-state index in [-0.39, 0.29) is 0 Å². The molecular formula is C28H44Si. The summed E-state index contributed by atoms with van der Waals surface area (Å²) in [5, 5.41) is 0. The second-order valence-corrected chi connectivity index (χ2v) is 16.3. The molecule has 0 aromatic rings. The number of fused-ring (bicyclic) bond motifs is 2. The molecule has 2 saturated carbocycles. The van der Waals surface area contributed by atoms with Gasteiger partial charge in [-0.05, 0) is 72.3 Å². The lowest BCUT2D eigenvalue weighted by Gasteiger charge is -2.42. The number of rotatable bonds is 8. The average molecular weight is 409 g/mol. The van der Waals surface area contributed by atoms with Crippen molar-refractivity contribution >= 4 is 8.07 Å². The van der Waals surface area contributed by atoms with Crippen molar-refractivity contribution in [1.29, 1.82) is 0 Å². The van der Waals surface area contributed by atoms with E-state index in [9.17, 15) is 0 Å². The topological polar surface area (TPSA) is 0 Å². The number of hydrogen-bond acceptors (Lipinski definition) is 0. The standard InChI is InChI=1S/C28H44Si/c1-5-7-13-21-19-27(25-17-11-9-15-23(21)25)29(3,4)28-20-22(14-8-6-2)24-16-10-12-18-26(24)28/h9-12,15-18,21-28H,5-8,13-14,19-20H2,1-4H3. The van der Waals surface area contributed by atoms with Crippen molar-refractivity contribution in [2.75, 3.05) is 0 Å². The minimum absolute atomic E-state index is 0.832. The van der Waals surface area contributed by atoms with Gasteiger partial charge >= 0.3 is 0 Å². The van der Waals surface area contributed by atoms with Crippen molar-refractivity contribution in [2.24, 2.45) is 35.5 Å². The van der Waals surface area contributed by atoms with E-state index in [1.54, 1.807) is 0 Å². The van der Waals surface area contributed by atoms with Gasteiger partial charge < -0.3 is 0 Å². The van der Waals surface area contributed by atoms with E-state index in [0.29, 0.717) is 0 Å². The Hall–Kier alpha value is -0.823. The van der Waals surface area contributed by atoms with E-state index < -0.39 is 8.07 Å². The summed E-state index contributed by atoms with van der Waals surface area (Å²) in [6.07, 6.45) is 31.3. The molecule has 0 aromatic heterocycles. The molecule has 8 atom stereocenters. The third-order valence-electron chi connectivity index (χ3n) is 9.34. The van der Waals surface area contributed by atoms with Crippen molar-refractivity contribution in [3.05, 3.63) is 48.6 Å². The Morgan fingerprint density at radius 3 is 1.38 bits per heavy atom. The maximum atomic E-state index is 2.79. The first-order chi connectivity index (χ1) is 14.1. The molecule has 0 N–H and O–H groups in total. The van der Waals surface area contributed by atoms with E-state index in [2.05, 4.69) is 75.5 Å². The summed E-state index contributed by atoms with van der Waals surface area (Å²) in [4.78, 5) is 0. The first-order valence-corrected chi connectivity index (χ1v) is 15.9. The number of unbranched alkanes of at least 4 members (excludes halogenated alkanes) is 2. The molecule has 0 amide bonds. The predicted molar refractivity (Wildman–Crippen MR) is 131 cm³/mol. The summed E-state index contributed by atoms with van der Waals surface area (Å²) in [7, 11) is -1.39. The van der Waals surface area contributed by atoms with Gasteiger partial charge in [-0.25, -0.2) is 0 Å². The Morgan fingerprint density at radius 1 is 0.621 bits per heavy atom.